The molecule has 2 unspecified atom stereocenters. The highest BCUT2D eigenvalue weighted by atomic mass is 16.7. The molecule has 0 aromatic carbocycles. The van der Waals surface area contributed by atoms with Crippen molar-refractivity contribution in [2.24, 2.45) is 0 Å². The van der Waals surface area contributed by atoms with Gasteiger partial charge in [-0.1, -0.05) is 103 Å². The molecule has 6 nitrogen and oxygen atoms in total. The Balaban J connectivity index is 1.16. The Morgan fingerprint density at radius 3 is 1.97 bits per heavy atom. The van der Waals surface area contributed by atoms with Crippen molar-refractivity contribution in [1.82, 2.24) is 0 Å². The standard InChI is InChI=1S/C33H54O6/c1-2-3-4-5-6-7-8-9-10-11-12-13-14-15-16-17-24-37-31(36)26-30-25-29(35)27-33(38-30)23-22-32(39-33)20-18-28(34)19-21-32/h18-21,29-30,35H,2-17,22-27H2,1H3/t29?,30?,33-/m0/s1. The lowest BCUT2D eigenvalue weighted by molar-refractivity contribution is -0.291. The topological polar surface area (TPSA) is 82.1 Å². The third-order valence-electron chi connectivity index (χ3n) is 8.45. The summed E-state index contributed by atoms with van der Waals surface area (Å²) in [5.74, 6) is -1.26. The van der Waals surface area contributed by atoms with Gasteiger partial charge in [0.25, 0.3) is 0 Å². The minimum Gasteiger partial charge on any atom is -0.466 e. The molecule has 0 bridgehead atoms. The second-order valence-electron chi connectivity index (χ2n) is 12.1. The average molecular weight is 547 g/mol. The van der Waals surface area contributed by atoms with Gasteiger partial charge >= 0.3 is 5.97 Å². The maximum atomic E-state index is 12.4. The monoisotopic (exact) mass is 546 g/mol. The summed E-state index contributed by atoms with van der Waals surface area (Å²) in [6, 6.07) is 0. The second kappa shape index (κ2) is 17.3. The van der Waals surface area contributed by atoms with Crippen LogP contribution in [0.3, 0.4) is 0 Å². The van der Waals surface area contributed by atoms with Crippen molar-refractivity contribution in [1.29, 1.82) is 0 Å². The Kier molecular flexibility index (Phi) is 14.2. The molecule has 3 atom stereocenters. The van der Waals surface area contributed by atoms with Crippen LogP contribution in [0.1, 0.15) is 142 Å². The zero-order valence-corrected chi connectivity index (χ0v) is 24.5. The third-order valence-corrected chi connectivity index (χ3v) is 8.45. The van der Waals surface area contributed by atoms with E-state index in [-0.39, 0.29) is 18.2 Å². The van der Waals surface area contributed by atoms with Crippen LogP contribution in [0.4, 0.5) is 0 Å². The highest BCUT2D eigenvalue weighted by Gasteiger charge is 2.52. The summed E-state index contributed by atoms with van der Waals surface area (Å²) in [4.78, 5) is 23.9. The minimum atomic E-state index is -0.925. The number of aliphatic hydroxyl groups is 1. The first kappa shape index (κ1) is 32.0. The summed E-state index contributed by atoms with van der Waals surface area (Å²) >= 11 is 0. The first-order chi connectivity index (χ1) is 18.9. The number of ketones is 1. The second-order valence-corrected chi connectivity index (χ2v) is 12.1. The lowest BCUT2D eigenvalue weighted by Crippen LogP contribution is -2.48. The van der Waals surface area contributed by atoms with E-state index in [0.29, 0.717) is 32.3 Å². The van der Waals surface area contributed by atoms with E-state index < -0.39 is 23.6 Å². The van der Waals surface area contributed by atoms with E-state index in [0.717, 1.165) is 12.8 Å². The van der Waals surface area contributed by atoms with Gasteiger partial charge in [0.15, 0.2) is 11.6 Å². The van der Waals surface area contributed by atoms with Crippen LogP contribution in [0.25, 0.3) is 0 Å². The van der Waals surface area contributed by atoms with E-state index in [4.69, 9.17) is 14.2 Å². The maximum absolute atomic E-state index is 12.4. The van der Waals surface area contributed by atoms with Crippen molar-refractivity contribution in [3.05, 3.63) is 24.3 Å². The summed E-state index contributed by atoms with van der Waals surface area (Å²) in [5.41, 5.74) is -0.663. The van der Waals surface area contributed by atoms with Crippen LogP contribution in [-0.2, 0) is 23.8 Å². The zero-order valence-electron chi connectivity index (χ0n) is 24.5. The number of carbonyl (C=O) groups excluding carboxylic acids is 2. The predicted octanol–water partition coefficient (Wildman–Crippen LogP) is 7.66. The van der Waals surface area contributed by atoms with Crippen LogP contribution in [0.15, 0.2) is 24.3 Å². The fourth-order valence-corrected chi connectivity index (χ4v) is 6.20. The molecule has 1 aliphatic carbocycles. The Morgan fingerprint density at radius 1 is 0.872 bits per heavy atom. The molecule has 2 heterocycles. The average Bonchev–Trinajstić information content (AvgIpc) is 3.23. The number of hydrogen-bond donors (Lipinski definition) is 1. The van der Waals surface area contributed by atoms with E-state index in [9.17, 15) is 14.7 Å². The molecule has 1 N–H and O–H groups in total. The highest BCUT2D eigenvalue weighted by molar-refractivity contribution is 6.00. The summed E-state index contributed by atoms with van der Waals surface area (Å²) in [7, 11) is 0. The predicted molar refractivity (Wildman–Crippen MR) is 154 cm³/mol. The van der Waals surface area contributed by atoms with Gasteiger partial charge in [-0.3, -0.25) is 9.59 Å². The van der Waals surface area contributed by atoms with Gasteiger partial charge in [-0.05, 0) is 37.1 Å². The van der Waals surface area contributed by atoms with Crippen LogP contribution >= 0.6 is 0 Å². The summed E-state index contributed by atoms with van der Waals surface area (Å²) in [5, 5.41) is 10.5. The molecule has 3 rings (SSSR count). The summed E-state index contributed by atoms with van der Waals surface area (Å²) in [6.45, 7) is 2.72. The fourth-order valence-electron chi connectivity index (χ4n) is 6.20. The van der Waals surface area contributed by atoms with Crippen LogP contribution in [0.2, 0.25) is 0 Å². The van der Waals surface area contributed by atoms with Gasteiger partial charge in [-0.2, -0.15) is 0 Å². The van der Waals surface area contributed by atoms with E-state index >= 15 is 0 Å². The molecule has 2 saturated heterocycles. The van der Waals surface area contributed by atoms with Crippen molar-refractivity contribution >= 4 is 11.8 Å². The first-order valence-corrected chi connectivity index (χ1v) is 16.1. The van der Waals surface area contributed by atoms with Gasteiger partial charge in [0.1, 0.15) is 5.60 Å². The molecule has 2 spiro atoms. The number of rotatable bonds is 19. The van der Waals surface area contributed by atoms with Crippen molar-refractivity contribution in [3.63, 3.8) is 0 Å². The SMILES string of the molecule is CCCCCCCCCCCCCCCCCCOC(=O)CC1CC(O)C[C@@]2(CCC3(C=CC(=O)C=C3)O2)O1. The molecular weight excluding hydrogens is 492 g/mol. The highest BCUT2D eigenvalue weighted by Crippen LogP contribution is 2.47. The summed E-state index contributed by atoms with van der Waals surface area (Å²) < 4.78 is 18.0. The van der Waals surface area contributed by atoms with Crippen LogP contribution in [0.5, 0.6) is 0 Å². The lowest BCUT2D eigenvalue weighted by atomic mass is 9.92. The lowest BCUT2D eigenvalue weighted by Gasteiger charge is -2.41. The Morgan fingerprint density at radius 2 is 1.41 bits per heavy atom. The third kappa shape index (κ3) is 11.9. The minimum absolute atomic E-state index is 0.0558. The molecule has 39 heavy (non-hydrogen) atoms. The van der Waals surface area contributed by atoms with E-state index in [1.165, 1.54) is 102 Å². The number of esters is 1. The normalized spacial score (nSPS) is 25.6. The van der Waals surface area contributed by atoms with Gasteiger partial charge in [-0.15, -0.1) is 0 Å². The number of aliphatic hydroxyl groups excluding tert-OH is 1. The van der Waals surface area contributed by atoms with Crippen LogP contribution in [0, 0.1) is 0 Å². The largest absolute Gasteiger partial charge is 0.466 e. The Bertz CT molecular complexity index is 773. The van der Waals surface area contributed by atoms with Gasteiger partial charge in [0.2, 0.25) is 0 Å². The van der Waals surface area contributed by atoms with E-state index in [1.807, 2.05) is 0 Å². The van der Waals surface area contributed by atoms with Crippen molar-refractivity contribution in [2.45, 2.75) is 165 Å². The van der Waals surface area contributed by atoms with Crippen LogP contribution in [-0.4, -0.2) is 47.1 Å². The molecule has 0 saturated carbocycles. The van der Waals surface area contributed by atoms with Crippen LogP contribution < -0.4 is 0 Å². The number of hydrogen-bond acceptors (Lipinski definition) is 6. The molecule has 3 aliphatic rings. The number of ether oxygens (including phenoxy) is 3. The van der Waals surface area contributed by atoms with E-state index in [2.05, 4.69) is 6.92 Å². The molecule has 2 fully saturated rings. The smallest absolute Gasteiger partial charge is 0.308 e. The molecule has 2 aliphatic heterocycles. The Hall–Kier alpha value is -1.50. The molecule has 0 aromatic rings. The number of carbonyl (C=O) groups is 2. The van der Waals surface area contributed by atoms with Crippen molar-refractivity contribution in [3.8, 4) is 0 Å². The molecule has 0 radical (unpaired) electrons. The maximum Gasteiger partial charge on any atom is 0.308 e. The van der Waals surface area contributed by atoms with Gasteiger partial charge in [0, 0.05) is 19.3 Å². The molecule has 222 valence electrons. The van der Waals surface area contributed by atoms with Gasteiger partial charge < -0.3 is 19.3 Å². The Labute approximate surface area is 236 Å². The van der Waals surface area contributed by atoms with E-state index in [1.54, 1.807) is 12.2 Å². The van der Waals surface area contributed by atoms with Gasteiger partial charge in [-0.25, -0.2) is 0 Å². The first-order valence-electron chi connectivity index (χ1n) is 16.1. The summed E-state index contributed by atoms with van der Waals surface area (Å²) in [6.07, 6.45) is 28.8. The zero-order chi connectivity index (χ0) is 27.8. The number of unbranched alkanes of at least 4 members (excludes halogenated alkanes) is 15. The quantitative estimate of drug-likeness (QED) is 0.132. The molecule has 0 aromatic heterocycles. The fraction of sp³-hybridized carbons (Fsp3) is 0.818. The van der Waals surface area contributed by atoms with Crippen molar-refractivity contribution < 1.29 is 28.9 Å². The molecule has 0 amide bonds. The van der Waals surface area contributed by atoms with Gasteiger partial charge in [0.05, 0.1) is 25.2 Å². The molecular formula is C33H54O6. The number of allylic oxidation sites excluding steroid dienone is 2. The molecule has 6 heteroatoms. The van der Waals surface area contributed by atoms with Crippen molar-refractivity contribution in [2.75, 3.05) is 6.61 Å².